The first-order valence-corrected chi connectivity index (χ1v) is 2.73. The highest BCUT2D eigenvalue weighted by Crippen LogP contribution is 1.97. The number of hydrogen-bond donors (Lipinski definition) is 0. The zero-order valence-corrected chi connectivity index (χ0v) is 4.39. The molecule has 0 heterocycles. The topological polar surface area (TPSA) is 0 Å². The summed E-state index contributed by atoms with van der Waals surface area (Å²) < 4.78 is 13.3. The van der Waals surface area contributed by atoms with E-state index in [9.17, 15) is 0 Å². The monoisotopic (exact) mass is 93.0 g/mol. The highest BCUT2D eigenvalue weighted by molar-refractivity contribution is 8.06. The molecule has 0 aliphatic rings. The zero-order chi connectivity index (χ0) is 4.99. The fourth-order valence-electron chi connectivity index (χ4n) is 0. The van der Waals surface area contributed by atoms with Gasteiger partial charge in [-0.25, -0.2) is 0 Å². The van der Waals surface area contributed by atoms with Crippen LogP contribution in [0.3, 0.4) is 0 Å². The van der Waals surface area contributed by atoms with Crippen LogP contribution in [0, 0.1) is 0 Å². The van der Waals surface area contributed by atoms with Crippen LogP contribution in [0.25, 0.3) is 0 Å². The highest BCUT2D eigenvalue weighted by atomic mass is 31.1. The number of rotatable bonds is 2. The highest BCUT2D eigenvalue weighted by Gasteiger charge is 1.61. The van der Waals surface area contributed by atoms with Crippen LogP contribution in [0.4, 0.5) is 0 Å². The van der Waals surface area contributed by atoms with Gasteiger partial charge in [-0.05, 0) is 2.67 Å². The fourth-order valence-corrected chi connectivity index (χ4v) is 0. The summed E-state index contributed by atoms with van der Waals surface area (Å²) >= 11 is 0. The van der Waals surface area contributed by atoms with E-state index in [-0.39, 0.29) is 6.68 Å². The van der Waals surface area contributed by atoms with Gasteiger partial charge in [0.1, 0.15) is 7.53 Å². The molecule has 4 heavy (non-hydrogen) atoms. The van der Waals surface area contributed by atoms with E-state index in [1.54, 1.807) is 0 Å². The quantitative estimate of drug-likeness (QED) is 0.322. The molecule has 0 aromatic carbocycles. The third kappa shape index (κ3) is 2.99. The molecule has 0 aliphatic carbocycles. The molecule has 2 atom stereocenters. The van der Waals surface area contributed by atoms with Crippen molar-refractivity contribution in [2.45, 2.75) is 0 Å². The Morgan fingerprint density at radius 1 is 2.75 bits per heavy atom. The van der Waals surface area contributed by atoms with E-state index in [4.69, 9.17) is 2.67 Å². The fraction of sp³-hybridized carbons (Fsp3) is 0. The first-order valence-electron chi connectivity index (χ1n) is 2.07. The van der Waals surface area contributed by atoms with Crippen LogP contribution in [0.1, 0.15) is 0 Å². The molecule has 4 heteroatoms. The van der Waals surface area contributed by atoms with Crippen molar-refractivity contribution in [3.8, 4) is 0 Å². The Bertz CT molecular complexity index is 30.7. The lowest BCUT2D eigenvalue weighted by atomic mass is 10.7. The average molecular weight is 92.6 g/mol. The Morgan fingerprint density at radius 2 is 3.50 bits per heavy atom. The molecule has 0 saturated heterocycles. The predicted octanol–water partition coefficient (Wildman–Crippen LogP) is -0.378. The minimum Gasteiger partial charge on any atom is -0.197 e. The summed E-state index contributed by atoms with van der Waals surface area (Å²) in [5, 5.41) is 0. The van der Waals surface area contributed by atoms with Gasteiger partial charge in [-0.2, -0.15) is 17.5 Å². The molecule has 0 N–H and O–H groups in total. The van der Waals surface area contributed by atoms with Gasteiger partial charge in [0.05, 0.1) is 0 Å². The van der Waals surface area contributed by atoms with E-state index in [0.717, 1.165) is 0 Å². The van der Waals surface area contributed by atoms with E-state index >= 15 is 0 Å². The van der Waals surface area contributed by atoms with Crippen molar-refractivity contribution in [2.24, 2.45) is 0 Å². The number of hydrogen-bond acceptors (Lipinski definition) is 0. The lowest BCUT2D eigenvalue weighted by Crippen LogP contribution is -1.49. The Kier molecular flexibility index (Phi) is 2.21. The van der Waals surface area contributed by atoms with Gasteiger partial charge in [0.25, 0.3) is 0 Å². The second-order valence-electron chi connectivity index (χ2n) is 0.333. The molecule has 0 aromatic heterocycles. The first kappa shape index (κ1) is 2.21. The second kappa shape index (κ2) is 3.99. The van der Waals surface area contributed by atoms with Crippen LogP contribution in [0.15, 0.2) is 0 Å². The van der Waals surface area contributed by atoms with Gasteiger partial charge in [0, 0.05) is 0 Å². The summed E-state index contributed by atoms with van der Waals surface area (Å²) in [4.78, 5) is 0. The molecule has 0 aliphatic heterocycles. The van der Waals surface area contributed by atoms with E-state index in [1.807, 2.05) is 0 Å². The van der Waals surface area contributed by atoms with Gasteiger partial charge < -0.3 is 0 Å². The third-order valence-corrected chi connectivity index (χ3v) is 0.866. The Morgan fingerprint density at radius 3 is 3.50 bits per heavy atom. The molecule has 0 rings (SSSR count). The van der Waals surface area contributed by atoms with Gasteiger partial charge in [0.15, 0.2) is 6.68 Å². The van der Waals surface area contributed by atoms with Crippen LogP contribution in [0.5, 0.6) is 0 Å². The largest absolute Gasteiger partial charge is 0.197 e. The summed E-state index contributed by atoms with van der Waals surface area (Å²) in [6.45, 7) is -0.150. The van der Waals surface area contributed by atoms with Gasteiger partial charge in [-0.15, -0.1) is 0 Å². The molecule has 1 radical (unpaired) electrons. The SMILES string of the molecule is [3H][B]PB([3H])P. The Hall–Kier alpha value is 0.990. The Balaban J connectivity index is 2.63. The van der Waals surface area contributed by atoms with Crippen LogP contribution in [-0.4, -0.2) is 16.9 Å². The first-order chi connectivity index (χ1) is 2.77. The van der Waals surface area contributed by atoms with Crippen LogP contribution < -0.4 is 0 Å². The molecule has 0 bridgehead atoms. The van der Waals surface area contributed by atoms with Crippen molar-refractivity contribution in [3.63, 3.8) is 0 Å². The molecule has 21 valence electrons. The van der Waals surface area contributed by atoms with Crippen molar-refractivity contribution < 1.29 is 0 Å². The van der Waals surface area contributed by atoms with Gasteiger partial charge >= 0.3 is 0 Å². The summed E-state index contributed by atoms with van der Waals surface area (Å²) in [6.07, 6.45) is 0. The normalized spacial score (nSPS) is 15.2. The molecule has 0 aromatic rings. The molecule has 2 unspecified atom stereocenters. The van der Waals surface area contributed by atoms with E-state index in [0.29, 0.717) is 8.34 Å². The van der Waals surface area contributed by atoms with Crippen molar-refractivity contribution in [2.75, 3.05) is 0 Å². The van der Waals surface area contributed by atoms with Crippen LogP contribution in [-0.2, 0) is 0 Å². The lowest BCUT2D eigenvalue weighted by molar-refractivity contribution is 4.62. The summed E-state index contributed by atoms with van der Waals surface area (Å²) in [7, 11) is 3.92. The summed E-state index contributed by atoms with van der Waals surface area (Å²) in [6, 6.07) is 0. The van der Waals surface area contributed by atoms with Crippen molar-refractivity contribution in [3.05, 3.63) is 0 Å². The maximum Gasteiger partial charge on any atom is 0.162 e. The minimum atomic E-state index is -0.150. The van der Waals surface area contributed by atoms with Crippen LogP contribution >= 0.6 is 17.5 Å². The van der Waals surface area contributed by atoms with E-state index in [1.165, 1.54) is 7.53 Å². The molecular formula is H5B2P2. The zero-order valence-electron chi connectivity index (χ0n) is 4.23. The van der Waals surface area contributed by atoms with Crippen molar-refractivity contribution >= 4 is 31.7 Å². The maximum atomic E-state index is 6.80. The van der Waals surface area contributed by atoms with Gasteiger partial charge in [-0.1, -0.05) is 0 Å². The summed E-state index contributed by atoms with van der Waals surface area (Å²) in [5.74, 6) is 0. The summed E-state index contributed by atoms with van der Waals surface area (Å²) in [5.41, 5.74) is 0. The molecule has 0 saturated carbocycles. The van der Waals surface area contributed by atoms with Gasteiger partial charge in [-0.3, -0.25) is 0 Å². The predicted molar refractivity (Wildman–Crippen MR) is 32.3 cm³/mol. The molecule has 0 fully saturated rings. The smallest absolute Gasteiger partial charge is 0.162 e. The molecule has 0 nitrogen and oxygen atoms in total. The average Bonchev–Trinajstić information content (AvgIpc) is 1.35. The lowest BCUT2D eigenvalue weighted by Gasteiger charge is -1.65. The second-order valence-corrected chi connectivity index (χ2v) is 2.00. The molecule has 0 spiro atoms. The Labute approximate surface area is 35.3 Å². The van der Waals surface area contributed by atoms with Crippen LogP contribution in [0.2, 0.25) is 0 Å². The maximum absolute atomic E-state index is 6.80. The minimum absolute atomic E-state index is 0.150. The van der Waals surface area contributed by atoms with Gasteiger partial charge in [0.2, 0.25) is 0 Å². The van der Waals surface area contributed by atoms with E-state index < -0.39 is 0 Å². The third-order valence-electron chi connectivity index (χ3n) is 0.0962. The standard InChI is InChI=1S/B2H5P2/c1-4-2-3/h1-2,4H,3H2/i1T,2T. The van der Waals surface area contributed by atoms with Crippen molar-refractivity contribution in [1.29, 1.82) is 2.67 Å². The molecular weight excluding hydrogens is 83.6 g/mol. The van der Waals surface area contributed by atoms with Crippen molar-refractivity contribution in [1.82, 2.24) is 0 Å². The molecule has 0 amide bonds. The van der Waals surface area contributed by atoms with E-state index in [2.05, 4.69) is 9.12 Å².